The van der Waals surface area contributed by atoms with Crippen LogP contribution in [0, 0.1) is 0 Å². The number of H-pyrrole nitrogens is 1. The first-order valence-electron chi connectivity index (χ1n) is 9.97. The van der Waals surface area contributed by atoms with Gasteiger partial charge in [0.1, 0.15) is 24.0 Å². The molecule has 0 unspecified atom stereocenters. The molecule has 1 aromatic carbocycles. The van der Waals surface area contributed by atoms with Gasteiger partial charge < -0.3 is 25.0 Å². The Balaban J connectivity index is 1.50. The van der Waals surface area contributed by atoms with E-state index in [9.17, 15) is 24.9 Å². The van der Waals surface area contributed by atoms with E-state index in [0.29, 0.717) is 18.8 Å². The highest BCUT2D eigenvalue weighted by atomic mass is 16.6. The molecule has 10 heteroatoms. The van der Waals surface area contributed by atoms with Gasteiger partial charge in [-0.15, -0.1) is 0 Å². The Labute approximate surface area is 172 Å². The molecule has 0 amide bonds. The van der Waals surface area contributed by atoms with E-state index in [-0.39, 0.29) is 0 Å². The Bertz CT molecular complexity index is 969. The Morgan fingerprint density at radius 1 is 1.03 bits per heavy atom. The van der Waals surface area contributed by atoms with Gasteiger partial charge in [0, 0.05) is 38.9 Å². The molecule has 2 aliphatic heterocycles. The highest BCUT2D eigenvalue weighted by molar-refractivity contribution is 5.42. The Morgan fingerprint density at radius 2 is 1.73 bits per heavy atom. The van der Waals surface area contributed by atoms with Crippen molar-refractivity contribution in [2.24, 2.45) is 0 Å². The van der Waals surface area contributed by atoms with Gasteiger partial charge in [0.05, 0.1) is 6.61 Å². The molecule has 162 valence electrons. The molecule has 2 fully saturated rings. The monoisotopic (exact) mass is 418 g/mol. The number of anilines is 1. The highest BCUT2D eigenvalue weighted by Gasteiger charge is 2.44. The van der Waals surface area contributed by atoms with E-state index in [4.69, 9.17) is 4.74 Å². The maximum Gasteiger partial charge on any atom is 0.330 e. The number of benzene rings is 1. The normalized spacial score (nSPS) is 27.5. The quantitative estimate of drug-likeness (QED) is 0.460. The van der Waals surface area contributed by atoms with E-state index in [1.165, 1.54) is 11.8 Å². The Morgan fingerprint density at radius 3 is 2.37 bits per heavy atom. The molecule has 30 heavy (non-hydrogen) atoms. The van der Waals surface area contributed by atoms with Gasteiger partial charge in [0.25, 0.3) is 5.56 Å². The number of nitrogens with one attached hydrogen (secondary N) is 1. The zero-order valence-corrected chi connectivity index (χ0v) is 16.4. The first kappa shape index (κ1) is 20.8. The molecule has 2 saturated heterocycles. The van der Waals surface area contributed by atoms with Crippen LogP contribution in [0.15, 0.2) is 46.1 Å². The fraction of sp³-hybridized carbons (Fsp3) is 0.500. The number of hydrogen-bond donors (Lipinski definition) is 4. The second-order valence-electron chi connectivity index (χ2n) is 7.66. The standard InChI is InChI=1S/C20H26N4O6/c25-12-15-16(26)17(27)19(30-15)24-11-14(18(28)21-20(24)29)23-8-6-22(7-9-23)10-13-4-2-1-3-5-13/h1-5,11,15-17,19,25-27H,6-10,12H2,(H,21,28,29)/t15-,16-,17+,19+/m1/s1. The summed E-state index contributed by atoms with van der Waals surface area (Å²) in [6, 6.07) is 10.1. The molecule has 0 radical (unpaired) electrons. The number of piperazine rings is 1. The average molecular weight is 418 g/mol. The minimum absolute atomic E-state index is 0.298. The number of aromatic amines is 1. The summed E-state index contributed by atoms with van der Waals surface area (Å²) in [6.07, 6.45) is -3.58. The van der Waals surface area contributed by atoms with Crippen LogP contribution in [0.1, 0.15) is 11.8 Å². The number of ether oxygens (including phenoxy) is 1. The number of nitrogens with zero attached hydrogens (tertiary/aromatic N) is 3. The molecular formula is C20H26N4O6. The lowest BCUT2D eigenvalue weighted by Gasteiger charge is -2.35. The zero-order valence-electron chi connectivity index (χ0n) is 16.4. The van der Waals surface area contributed by atoms with Gasteiger partial charge in [-0.1, -0.05) is 30.3 Å². The number of aliphatic hydroxyl groups excluding tert-OH is 3. The zero-order chi connectivity index (χ0) is 21.3. The SMILES string of the molecule is O=c1[nH]c(=O)n([C@H]2O[C@H](CO)[C@@H](O)[C@@H]2O)cc1N1CCN(Cc2ccccc2)CC1. The maximum absolute atomic E-state index is 12.4. The van der Waals surface area contributed by atoms with E-state index < -0.39 is 42.4 Å². The molecule has 0 aliphatic carbocycles. The second-order valence-corrected chi connectivity index (χ2v) is 7.66. The lowest BCUT2D eigenvalue weighted by atomic mass is 10.1. The van der Waals surface area contributed by atoms with E-state index in [2.05, 4.69) is 22.0 Å². The molecule has 1 aromatic heterocycles. The van der Waals surface area contributed by atoms with E-state index in [1.54, 1.807) is 0 Å². The molecule has 0 saturated carbocycles. The summed E-state index contributed by atoms with van der Waals surface area (Å²) in [5.41, 5.74) is 0.259. The third-order valence-electron chi connectivity index (χ3n) is 5.70. The first-order valence-corrected chi connectivity index (χ1v) is 9.97. The van der Waals surface area contributed by atoms with E-state index >= 15 is 0 Å². The van der Waals surface area contributed by atoms with Crippen LogP contribution in [-0.4, -0.2) is 80.9 Å². The minimum atomic E-state index is -1.40. The van der Waals surface area contributed by atoms with Crippen molar-refractivity contribution in [1.82, 2.24) is 14.5 Å². The van der Waals surface area contributed by atoms with Crippen molar-refractivity contribution in [3.8, 4) is 0 Å². The number of hydrogen-bond acceptors (Lipinski definition) is 8. The fourth-order valence-corrected chi connectivity index (χ4v) is 3.99. The number of aliphatic hydroxyl groups is 3. The van der Waals surface area contributed by atoms with Crippen LogP contribution in [0.25, 0.3) is 0 Å². The van der Waals surface area contributed by atoms with Crippen LogP contribution >= 0.6 is 0 Å². The number of rotatable bonds is 5. The van der Waals surface area contributed by atoms with Crippen LogP contribution < -0.4 is 16.1 Å². The van der Waals surface area contributed by atoms with Gasteiger partial charge >= 0.3 is 5.69 Å². The van der Waals surface area contributed by atoms with Crippen molar-refractivity contribution in [2.75, 3.05) is 37.7 Å². The molecule has 10 nitrogen and oxygen atoms in total. The maximum atomic E-state index is 12.4. The van der Waals surface area contributed by atoms with Crippen molar-refractivity contribution >= 4 is 5.69 Å². The smallest absolute Gasteiger partial charge is 0.330 e. The first-order chi connectivity index (χ1) is 14.5. The van der Waals surface area contributed by atoms with Gasteiger partial charge in [-0.3, -0.25) is 19.2 Å². The summed E-state index contributed by atoms with van der Waals surface area (Å²) < 4.78 is 6.50. The lowest BCUT2D eigenvalue weighted by molar-refractivity contribution is -0.0549. The van der Waals surface area contributed by atoms with E-state index in [1.807, 2.05) is 23.1 Å². The largest absolute Gasteiger partial charge is 0.394 e. The summed E-state index contributed by atoms with van der Waals surface area (Å²) in [5.74, 6) is 0. The van der Waals surface area contributed by atoms with Crippen LogP contribution in [0.3, 0.4) is 0 Å². The Kier molecular flexibility index (Phi) is 6.02. The summed E-state index contributed by atoms with van der Waals surface area (Å²) >= 11 is 0. The van der Waals surface area contributed by atoms with E-state index in [0.717, 1.165) is 24.2 Å². The predicted octanol–water partition coefficient (Wildman–Crippen LogP) is -1.53. The summed E-state index contributed by atoms with van der Waals surface area (Å²) in [4.78, 5) is 31.2. The van der Waals surface area contributed by atoms with Crippen LogP contribution in [0.2, 0.25) is 0 Å². The van der Waals surface area contributed by atoms with Gasteiger partial charge in [-0.2, -0.15) is 0 Å². The molecular weight excluding hydrogens is 392 g/mol. The molecule has 0 bridgehead atoms. The fourth-order valence-electron chi connectivity index (χ4n) is 3.99. The van der Waals surface area contributed by atoms with Crippen LogP contribution in [0.4, 0.5) is 5.69 Å². The third-order valence-corrected chi connectivity index (χ3v) is 5.70. The van der Waals surface area contributed by atoms with Gasteiger partial charge in [-0.05, 0) is 5.56 Å². The molecule has 4 atom stereocenters. The topological polar surface area (TPSA) is 131 Å². The Hall–Kier alpha value is -2.50. The lowest BCUT2D eigenvalue weighted by Crippen LogP contribution is -2.48. The molecule has 4 N–H and O–H groups in total. The summed E-state index contributed by atoms with van der Waals surface area (Å²) in [5, 5.41) is 29.5. The van der Waals surface area contributed by atoms with Crippen LogP contribution in [0.5, 0.6) is 0 Å². The van der Waals surface area contributed by atoms with Crippen LogP contribution in [-0.2, 0) is 11.3 Å². The van der Waals surface area contributed by atoms with Crippen molar-refractivity contribution in [1.29, 1.82) is 0 Å². The van der Waals surface area contributed by atoms with Crippen molar-refractivity contribution in [2.45, 2.75) is 31.1 Å². The molecule has 2 aliphatic rings. The average Bonchev–Trinajstić information content (AvgIpc) is 3.04. The van der Waals surface area contributed by atoms with Crippen molar-refractivity contribution < 1.29 is 20.1 Å². The summed E-state index contributed by atoms with van der Waals surface area (Å²) in [7, 11) is 0. The third kappa shape index (κ3) is 4.05. The van der Waals surface area contributed by atoms with Gasteiger partial charge in [0.2, 0.25) is 0 Å². The minimum Gasteiger partial charge on any atom is -0.394 e. The molecule has 0 spiro atoms. The van der Waals surface area contributed by atoms with Crippen molar-refractivity contribution in [3.05, 3.63) is 62.9 Å². The van der Waals surface area contributed by atoms with Gasteiger partial charge in [-0.25, -0.2) is 4.79 Å². The molecule has 4 rings (SSSR count). The molecule has 3 heterocycles. The second kappa shape index (κ2) is 8.70. The predicted molar refractivity (Wildman–Crippen MR) is 108 cm³/mol. The number of aromatic nitrogens is 2. The highest BCUT2D eigenvalue weighted by Crippen LogP contribution is 2.28. The molecule has 2 aromatic rings. The summed E-state index contributed by atoms with van der Waals surface area (Å²) in [6.45, 7) is 3.03. The van der Waals surface area contributed by atoms with Gasteiger partial charge in [0.15, 0.2) is 6.23 Å². The van der Waals surface area contributed by atoms with Crippen molar-refractivity contribution in [3.63, 3.8) is 0 Å².